The number of aromatic nitrogens is 2. The zero-order valence-corrected chi connectivity index (χ0v) is 12.9. The maximum atomic E-state index is 12.2. The number of halogens is 1. The SMILES string of the molecule is O=[N+]([O-])c1ccc(Cl)c(S(=O)(=O)NCCCn2ccnc2)c1. The Morgan fingerprint density at radius 1 is 1.41 bits per heavy atom. The van der Waals surface area contributed by atoms with Gasteiger partial charge in [-0.25, -0.2) is 18.1 Å². The molecule has 0 amide bonds. The topological polar surface area (TPSA) is 107 Å². The average Bonchev–Trinajstić information content (AvgIpc) is 2.97. The van der Waals surface area contributed by atoms with Crippen LogP contribution in [0.1, 0.15) is 6.42 Å². The molecule has 0 spiro atoms. The second kappa shape index (κ2) is 6.86. The van der Waals surface area contributed by atoms with Crippen molar-refractivity contribution in [1.82, 2.24) is 14.3 Å². The van der Waals surface area contributed by atoms with Crippen molar-refractivity contribution in [2.45, 2.75) is 17.9 Å². The van der Waals surface area contributed by atoms with Crippen molar-refractivity contribution < 1.29 is 13.3 Å². The lowest BCUT2D eigenvalue weighted by Crippen LogP contribution is -2.25. The van der Waals surface area contributed by atoms with Crippen LogP contribution in [0.3, 0.4) is 0 Å². The van der Waals surface area contributed by atoms with E-state index in [4.69, 9.17) is 11.6 Å². The third kappa shape index (κ3) is 4.03. The van der Waals surface area contributed by atoms with Crippen molar-refractivity contribution in [3.05, 3.63) is 52.1 Å². The van der Waals surface area contributed by atoms with Crippen molar-refractivity contribution >= 4 is 27.3 Å². The molecule has 2 rings (SSSR count). The molecular formula is C12H13ClN4O4S. The molecule has 0 atom stereocenters. The molecule has 8 nitrogen and oxygen atoms in total. The number of sulfonamides is 1. The predicted molar refractivity (Wildman–Crippen MR) is 80.1 cm³/mol. The van der Waals surface area contributed by atoms with E-state index in [0.717, 1.165) is 12.1 Å². The third-order valence-electron chi connectivity index (χ3n) is 2.86. The minimum atomic E-state index is -3.90. The van der Waals surface area contributed by atoms with E-state index >= 15 is 0 Å². The number of nitrogens with zero attached hydrogens (tertiary/aromatic N) is 3. The highest BCUT2D eigenvalue weighted by molar-refractivity contribution is 7.89. The highest BCUT2D eigenvalue weighted by Crippen LogP contribution is 2.25. The second-order valence-corrected chi connectivity index (χ2v) is 6.57. The molecular weight excluding hydrogens is 332 g/mol. The monoisotopic (exact) mass is 344 g/mol. The lowest BCUT2D eigenvalue weighted by molar-refractivity contribution is -0.385. The summed E-state index contributed by atoms with van der Waals surface area (Å²) in [6.07, 6.45) is 5.58. The molecule has 0 aliphatic heterocycles. The van der Waals surface area contributed by atoms with E-state index < -0.39 is 14.9 Å². The fraction of sp³-hybridized carbons (Fsp3) is 0.250. The molecule has 22 heavy (non-hydrogen) atoms. The third-order valence-corrected chi connectivity index (χ3v) is 4.80. The predicted octanol–water partition coefficient (Wildman–Crippen LogP) is 1.81. The molecule has 1 N–H and O–H groups in total. The Bertz CT molecular complexity index is 761. The summed E-state index contributed by atoms with van der Waals surface area (Å²) in [5.41, 5.74) is -0.330. The Hall–Kier alpha value is -1.97. The number of rotatable bonds is 7. The van der Waals surface area contributed by atoms with Gasteiger partial charge in [0, 0.05) is 37.6 Å². The zero-order valence-electron chi connectivity index (χ0n) is 11.3. The summed E-state index contributed by atoms with van der Waals surface area (Å²) in [5.74, 6) is 0. The largest absolute Gasteiger partial charge is 0.337 e. The molecule has 0 aliphatic carbocycles. The van der Waals surface area contributed by atoms with Crippen LogP contribution in [0.2, 0.25) is 5.02 Å². The first-order chi connectivity index (χ1) is 10.4. The Morgan fingerprint density at radius 3 is 2.82 bits per heavy atom. The molecule has 1 heterocycles. The number of nitrogens with one attached hydrogen (secondary N) is 1. The molecule has 0 saturated carbocycles. The van der Waals surface area contributed by atoms with E-state index in [0.29, 0.717) is 13.0 Å². The molecule has 0 saturated heterocycles. The Kier molecular flexibility index (Phi) is 5.11. The number of nitro benzene ring substituents is 1. The van der Waals surface area contributed by atoms with Gasteiger partial charge < -0.3 is 4.57 Å². The van der Waals surface area contributed by atoms with Crippen molar-refractivity contribution in [3.63, 3.8) is 0 Å². The normalized spacial score (nSPS) is 11.5. The van der Waals surface area contributed by atoms with Crippen molar-refractivity contribution in [3.8, 4) is 0 Å². The number of hydrogen-bond acceptors (Lipinski definition) is 5. The zero-order chi connectivity index (χ0) is 16.2. The number of nitro groups is 1. The van der Waals surface area contributed by atoms with Gasteiger partial charge in [-0.15, -0.1) is 0 Å². The standard InChI is InChI=1S/C12H13ClN4O4S/c13-11-3-2-10(17(18)19)8-12(11)22(20,21)15-4-1-6-16-7-5-14-9-16/h2-3,5,7-9,15H,1,4,6H2. The van der Waals surface area contributed by atoms with E-state index in [1.54, 1.807) is 18.7 Å². The van der Waals surface area contributed by atoms with Crippen LogP contribution in [0, 0.1) is 10.1 Å². The highest BCUT2D eigenvalue weighted by Gasteiger charge is 2.21. The lowest BCUT2D eigenvalue weighted by Gasteiger charge is -2.08. The van der Waals surface area contributed by atoms with Gasteiger partial charge in [-0.2, -0.15) is 0 Å². The fourth-order valence-corrected chi connectivity index (χ4v) is 3.37. The summed E-state index contributed by atoms with van der Waals surface area (Å²) in [6.45, 7) is 0.782. The first-order valence-electron chi connectivity index (χ1n) is 6.29. The van der Waals surface area contributed by atoms with Gasteiger partial charge in [-0.1, -0.05) is 11.6 Å². The van der Waals surface area contributed by atoms with Crippen molar-refractivity contribution in [1.29, 1.82) is 0 Å². The Balaban J connectivity index is 2.03. The summed E-state index contributed by atoms with van der Waals surface area (Å²) >= 11 is 5.83. The molecule has 0 unspecified atom stereocenters. The van der Waals surface area contributed by atoms with Gasteiger partial charge >= 0.3 is 0 Å². The van der Waals surface area contributed by atoms with Gasteiger partial charge in [0.25, 0.3) is 5.69 Å². The molecule has 0 bridgehead atoms. The molecule has 2 aromatic rings. The maximum Gasteiger partial charge on any atom is 0.270 e. The summed E-state index contributed by atoms with van der Waals surface area (Å²) in [6, 6.07) is 3.29. The summed E-state index contributed by atoms with van der Waals surface area (Å²) in [7, 11) is -3.90. The van der Waals surface area contributed by atoms with E-state index in [9.17, 15) is 18.5 Å². The van der Waals surface area contributed by atoms with Crippen LogP contribution < -0.4 is 4.72 Å². The maximum absolute atomic E-state index is 12.2. The van der Waals surface area contributed by atoms with Gasteiger partial charge in [-0.3, -0.25) is 10.1 Å². The van der Waals surface area contributed by atoms with Crippen LogP contribution in [0.4, 0.5) is 5.69 Å². The Labute approximate surface area is 131 Å². The fourth-order valence-electron chi connectivity index (χ4n) is 1.78. The molecule has 1 aromatic carbocycles. The van der Waals surface area contributed by atoms with Crippen LogP contribution in [-0.4, -0.2) is 29.4 Å². The van der Waals surface area contributed by atoms with Crippen LogP contribution >= 0.6 is 11.6 Å². The average molecular weight is 345 g/mol. The lowest BCUT2D eigenvalue weighted by atomic mass is 10.3. The number of aryl methyl sites for hydroxylation is 1. The van der Waals surface area contributed by atoms with E-state index in [1.807, 2.05) is 4.57 Å². The molecule has 0 radical (unpaired) electrons. The molecule has 0 aliphatic rings. The van der Waals surface area contributed by atoms with Crippen LogP contribution in [0.5, 0.6) is 0 Å². The summed E-state index contributed by atoms with van der Waals surface area (Å²) in [5, 5.41) is 10.7. The Morgan fingerprint density at radius 2 is 2.18 bits per heavy atom. The number of benzene rings is 1. The molecule has 118 valence electrons. The minimum absolute atomic E-state index is 0.0623. The first kappa shape index (κ1) is 16.4. The van der Waals surface area contributed by atoms with Crippen LogP contribution in [-0.2, 0) is 16.6 Å². The number of non-ortho nitro benzene ring substituents is 1. The minimum Gasteiger partial charge on any atom is -0.337 e. The smallest absolute Gasteiger partial charge is 0.270 e. The van der Waals surface area contributed by atoms with Crippen LogP contribution in [0.15, 0.2) is 41.8 Å². The van der Waals surface area contributed by atoms with E-state index in [2.05, 4.69) is 9.71 Å². The first-order valence-corrected chi connectivity index (χ1v) is 8.15. The number of imidazole rings is 1. The van der Waals surface area contributed by atoms with Crippen molar-refractivity contribution in [2.24, 2.45) is 0 Å². The molecule has 10 heteroatoms. The summed E-state index contributed by atoms with van der Waals surface area (Å²) < 4.78 is 28.5. The van der Waals surface area contributed by atoms with Gasteiger partial charge in [0.1, 0.15) is 4.90 Å². The van der Waals surface area contributed by atoms with Gasteiger partial charge in [0.2, 0.25) is 10.0 Å². The second-order valence-electron chi connectivity index (χ2n) is 4.42. The van der Waals surface area contributed by atoms with Gasteiger partial charge in [0.05, 0.1) is 16.3 Å². The quantitative estimate of drug-likeness (QED) is 0.468. The summed E-state index contributed by atoms with van der Waals surface area (Å²) in [4.78, 5) is 13.6. The molecule has 1 aromatic heterocycles. The van der Waals surface area contributed by atoms with Crippen LogP contribution in [0.25, 0.3) is 0 Å². The van der Waals surface area contributed by atoms with E-state index in [-0.39, 0.29) is 22.2 Å². The van der Waals surface area contributed by atoms with Crippen molar-refractivity contribution in [2.75, 3.05) is 6.54 Å². The van der Waals surface area contributed by atoms with E-state index in [1.165, 1.54) is 6.07 Å². The molecule has 0 fully saturated rings. The number of hydrogen-bond donors (Lipinski definition) is 1. The van der Waals surface area contributed by atoms with Gasteiger partial charge in [0.15, 0.2) is 0 Å². The van der Waals surface area contributed by atoms with Gasteiger partial charge in [-0.05, 0) is 12.5 Å². The highest BCUT2D eigenvalue weighted by atomic mass is 35.5.